The number of hydrogen-bond donors (Lipinski definition) is 2. The zero-order chi connectivity index (χ0) is 18.4. The van der Waals surface area contributed by atoms with Crippen molar-refractivity contribution in [2.24, 2.45) is 0 Å². The Morgan fingerprint density at radius 1 is 0.519 bits per heavy atom. The standard InChI is InChI=1S/C25H18O2/c26-24-22(17-11-5-2-6-12-17)21(16-9-3-1-4-10-16)20-15-18-13-7-8-14-19(18)23(20)25(24)27/h1-14,26-27H,15H2. The predicted octanol–water partition coefficient (Wildman–Crippen LogP) is 6.00. The molecule has 2 heteroatoms. The number of benzene rings is 4. The summed E-state index contributed by atoms with van der Waals surface area (Å²) < 4.78 is 0. The van der Waals surface area contributed by atoms with Gasteiger partial charge in [-0.2, -0.15) is 0 Å². The highest BCUT2D eigenvalue weighted by Gasteiger charge is 2.30. The van der Waals surface area contributed by atoms with Gasteiger partial charge in [-0.25, -0.2) is 0 Å². The van der Waals surface area contributed by atoms with Gasteiger partial charge in [0, 0.05) is 11.1 Å². The molecule has 0 heterocycles. The number of aromatic hydroxyl groups is 2. The normalized spacial score (nSPS) is 11.9. The van der Waals surface area contributed by atoms with Crippen LogP contribution in [0.3, 0.4) is 0 Å². The first-order valence-corrected chi connectivity index (χ1v) is 9.05. The Kier molecular flexibility index (Phi) is 3.51. The third-order valence-corrected chi connectivity index (χ3v) is 5.33. The van der Waals surface area contributed by atoms with E-state index in [1.54, 1.807) is 0 Å². The van der Waals surface area contributed by atoms with E-state index in [0.717, 1.165) is 39.8 Å². The summed E-state index contributed by atoms with van der Waals surface area (Å²) in [4.78, 5) is 0. The summed E-state index contributed by atoms with van der Waals surface area (Å²) in [6.07, 6.45) is 0.739. The van der Waals surface area contributed by atoms with Gasteiger partial charge < -0.3 is 10.2 Å². The van der Waals surface area contributed by atoms with Crippen molar-refractivity contribution in [2.45, 2.75) is 6.42 Å². The van der Waals surface area contributed by atoms with Gasteiger partial charge in [0.15, 0.2) is 11.5 Å². The highest BCUT2D eigenvalue weighted by atomic mass is 16.3. The van der Waals surface area contributed by atoms with Crippen LogP contribution >= 0.6 is 0 Å². The lowest BCUT2D eigenvalue weighted by atomic mass is 9.86. The fraction of sp³-hybridized carbons (Fsp3) is 0.0400. The molecule has 2 N–H and O–H groups in total. The molecule has 27 heavy (non-hydrogen) atoms. The highest BCUT2D eigenvalue weighted by molar-refractivity contribution is 6.00. The average Bonchev–Trinajstić information content (AvgIpc) is 3.11. The molecule has 0 aliphatic heterocycles. The number of hydrogen-bond acceptors (Lipinski definition) is 2. The van der Waals surface area contributed by atoms with E-state index in [1.165, 1.54) is 5.56 Å². The van der Waals surface area contributed by atoms with Gasteiger partial charge in [0.25, 0.3) is 0 Å². The van der Waals surface area contributed by atoms with Crippen LogP contribution in [0.4, 0.5) is 0 Å². The maximum atomic E-state index is 11.0. The first-order chi connectivity index (χ1) is 13.3. The third kappa shape index (κ3) is 2.34. The highest BCUT2D eigenvalue weighted by Crippen LogP contribution is 2.55. The largest absolute Gasteiger partial charge is 0.504 e. The van der Waals surface area contributed by atoms with Crippen LogP contribution in [0.2, 0.25) is 0 Å². The van der Waals surface area contributed by atoms with Gasteiger partial charge in [-0.1, -0.05) is 84.9 Å². The van der Waals surface area contributed by atoms with Gasteiger partial charge in [0.1, 0.15) is 0 Å². The summed E-state index contributed by atoms with van der Waals surface area (Å²) in [5.74, 6) is -0.0935. The second-order valence-electron chi connectivity index (χ2n) is 6.87. The number of rotatable bonds is 2. The maximum absolute atomic E-state index is 11.0. The quantitative estimate of drug-likeness (QED) is 0.383. The fourth-order valence-corrected chi connectivity index (χ4v) is 4.16. The van der Waals surface area contributed by atoms with E-state index in [2.05, 4.69) is 18.2 Å². The molecule has 0 fully saturated rings. The van der Waals surface area contributed by atoms with Crippen LogP contribution in [0.25, 0.3) is 33.4 Å². The van der Waals surface area contributed by atoms with Crippen molar-refractivity contribution in [1.82, 2.24) is 0 Å². The van der Waals surface area contributed by atoms with Crippen molar-refractivity contribution in [3.8, 4) is 44.9 Å². The van der Waals surface area contributed by atoms with Crippen molar-refractivity contribution in [3.05, 3.63) is 96.1 Å². The first-order valence-electron chi connectivity index (χ1n) is 9.05. The van der Waals surface area contributed by atoms with E-state index in [-0.39, 0.29) is 11.5 Å². The maximum Gasteiger partial charge on any atom is 0.166 e. The Morgan fingerprint density at radius 2 is 1.04 bits per heavy atom. The second kappa shape index (κ2) is 6.03. The molecule has 0 atom stereocenters. The Labute approximate surface area is 158 Å². The first kappa shape index (κ1) is 15.7. The summed E-state index contributed by atoms with van der Waals surface area (Å²) in [6, 6.07) is 28.0. The lowest BCUT2D eigenvalue weighted by molar-refractivity contribution is 0.406. The minimum absolute atomic E-state index is 0.0338. The third-order valence-electron chi connectivity index (χ3n) is 5.33. The Morgan fingerprint density at radius 3 is 1.70 bits per heavy atom. The lowest BCUT2D eigenvalue weighted by Gasteiger charge is -2.19. The van der Waals surface area contributed by atoms with Gasteiger partial charge in [0.05, 0.1) is 0 Å². The topological polar surface area (TPSA) is 40.5 Å². The van der Waals surface area contributed by atoms with E-state index in [1.807, 2.05) is 66.7 Å². The zero-order valence-corrected chi connectivity index (χ0v) is 14.7. The molecule has 0 spiro atoms. The predicted molar refractivity (Wildman–Crippen MR) is 109 cm³/mol. The molecule has 0 saturated carbocycles. The van der Waals surface area contributed by atoms with E-state index in [4.69, 9.17) is 0 Å². The number of fused-ring (bicyclic) bond motifs is 3. The Hall–Kier alpha value is -3.52. The van der Waals surface area contributed by atoms with Crippen LogP contribution in [0.5, 0.6) is 11.5 Å². The second-order valence-corrected chi connectivity index (χ2v) is 6.87. The van der Waals surface area contributed by atoms with Crippen molar-refractivity contribution in [2.75, 3.05) is 0 Å². The van der Waals surface area contributed by atoms with E-state index >= 15 is 0 Å². The van der Waals surface area contributed by atoms with Gasteiger partial charge in [-0.15, -0.1) is 0 Å². The van der Waals surface area contributed by atoms with Crippen molar-refractivity contribution < 1.29 is 10.2 Å². The SMILES string of the molecule is Oc1c(O)c(-c2ccccc2)c(-c2ccccc2)c2c1-c1ccccc1C2. The van der Waals surface area contributed by atoms with Crippen LogP contribution in [-0.2, 0) is 6.42 Å². The van der Waals surface area contributed by atoms with Crippen LogP contribution < -0.4 is 0 Å². The number of phenols is 2. The van der Waals surface area contributed by atoms with E-state index < -0.39 is 0 Å². The summed E-state index contributed by atoms with van der Waals surface area (Å²) in [5.41, 5.74) is 7.59. The molecule has 2 nitrogen and oxygen atoms in total. The zero-order valence-electron chi connectivity index (χ0n) is 14.7. The monoisotopic (exact) mass is 350 g/mol. The van der Waals surface area contributed by atoms with Crippen molar-refractivity contribution in [3.63, 3.8) is 0 Å². The summed E-state index contributed by atoms with van der Waals surface area (Å²) in [6.45, 7) is 0. The number of phenolic OH excluding ortho intramolecular Hbond substituents is 2. The van der Waals surface area contributed by atoms with Crippen LogP contribution in [0.1, 0.15) is 11.1 Å². The van der Waals surface area contributed by atoms with Crippen LogP contribution in [0, 0.1) is 0 Å². The minimum atomic E-state index is -0.0597. The smallest absolute Gasteiger partial charge is 0.166 e. The van der Waals surface area contributed by atoms with Crippen molar-refractivity contribution in [1.29, 1.82) is 0 Å². The van der Waals surface area contributed by atoms with E-state index in [0.29, 0.717) is 5.56 Å². The molecule has 1 aliphatic rings. The summed E-state index contributed by atoms with van der Waals surface area (Å²) in [7, 11) is 0. The minimum Gasteiger partial charge on any atom is -0.504 e. The average molecular weight is 350 g/mol. The van der Waals surface area contributed by atoms with Crippen LogP contribution in [0.15, 0.2) is 84.9 Å². The Bertz CT molecular complexity index is 1150. The van der Waals surface area contributed by atoms with Crippen LogP contribution in [-0.4, -0.2) is 10.2 Å². The lowest BCUT2D eigenvalue weighted by Crippen LogP contribution is -1.94. The molecule has 0 unspecified atom stereocenters. The molecule has 5 rings (SSSR count). The molecule has 4 aromatic rings. The molecular formula is C25H18O2. The van der Waals surface area contributed by atoms with Crippen molar-refractivity contribution >= 4 is 0 Å². The molecule has 0 radical (unpaired) electrons. The molecule has 0 aromatic heterocycles. The van der Waals surface area contributed by atoms with Gasteiger partial charge in [-0.3, -0.25) is 0 Å². The molecule has 130 valence electrons. The molecule has 1 aliphatic carbocycles. The molecule has 0 amide bonds. The van der Waals surface area contributed by atoms with Gasteiger partial charge in [0.2, 0.25) is 0 Å². The van der Waals surface area contributed by atoms with E-state index in [9.17, 15) is 10.2 Å². The molecular weight excluding hydrogens is 332 g/mol. The van der Waals surface area contributed by atoms with Gasteiger partial charge >= 0.3 is 0 Å². The van der Waals surface area contributed by atoms with Gasteiger partial charge in [-0.05, 0) is 39.8 Å². The molecule has 0 bridgehead atoms. The fourth-order valence-electron chi connectivity index (χ4n) is 4.16. The molecule has 0 saturated heterocycles. The Balaban J connectivity index is 1.92. The molecule has 4 aromatic carbocycles. The summed E-state index contributed by atoms with van der Waals surface area (Å²) >= 11 is 0. The summed E-state index contributed by atoms with van der Waals surface area (Å²) in [5, 5.41) is 22.0.